The summed E-state index contributed by atoms with van der Waals surface area (Å²) in [5, 5.41) is 0. The van der Waals surface area contributed by atoms with Gasteiger partial charge in [0.2, 0.25) is 0 Å². The second-order valence-electron chi connectivity index (χ2n) is 2.40. The van der Waals surface area contributed by atoms with Gasteiger partial charge < -0.3 is 0 Å². The second-order valence-corrected chi connectivity index (χ2v) is 2.40. The molecule has 0 saturated carbocycles. The minimum Gasteiger partial charge on any atom is -0.103 e. The Morgan fingerprint density at radius 2 is 1.70 bits per heavy atom. The van der Waals surface area contributed by atoms with E-state index in [1.165, 1.54) is 25.7 Å². The van der Waals surface area contributed by atoms with Crippen molar-refractivity contribution in [1.82, 2.24) is 0 Å². The van der Waals surface area contributed by atoms with Gasteiger partial charge in [0.05, 0.1) is 0 Å². The van der Waals surface area contributed by atoms with Gasteiger partial charge in [0.1, 0.15) is 0 Å². The molecule has 0 fully saturated rings. The molecule has 0 N–H and O–H groups in total. The molecule has 0 bridgehead atoms. The van der Waals surface area contributed by atoms with Crippen LogP contribution in [0.5, 0.6) is 0 Å². The van der Waals surface area contributed by atoms with Gasteiger partial charge >= 0.3 is 0 Å². The molecule has 0 aromatic rings. The molecule has 57 valence electrons. The average Bonchev–Trinajstić information content (AvgIpc) is 1.97. The predicted molar refractivity (Wildman–Crippen MR) is 47.8 cm³/mol. The lowest BCUT2D eigenvalue weighted by molar-refractivity contribution is 0.696. The zero-order valence-corrected chi connectivity index (χ0v) is 6.68. The van der Waals surface area contributed by atoms with Gasteiger partial charge in [-0.25, -0.2) is 0 Å². The molecule has 0 aliphatic heterocycles. The van der Waals surface area contributed by atoms with Gasteiger partial charge in [-0.3, -0.25) is 0 Å². The Labute approximate surface area is 64.6 Å². The zero-order chi connectivity index (χ0) is 7.66. The summed E-state index contributed by atoms with van der Waals surface area (Å²) < 4.78 is 0. The van der Waals surface area contributed by atoms with Crippen molar-refractivity contribution in [3.05, 3.63) is 31.7 Å². The van der Waals surface area contributed by atoms with Crippen LogP contribution in [0.2, 0.25) is 0 Å². The van der Waals surface area contributed by atoms with Gasteiger partial charge in [0.25, 0.3) is 0 Å². The third-order valence-electron chi connectivity index (χ3n) is 1.45. The van der Waals surface area contributed by atoms with E-state index in [0.29, 0.717) is 0 Å². The van der Waals surface area contributed by atoms with Gasteiger partial charge in [0, 0.05) is 0 Å². The molecule has 0 spiro atoms. The molecular weight excluding hydrogens is 120 g/mol. The fourth-order valence-electron chi connectivity index (χ4n) is 0.845. The fraction of sp³-hybridized carbons (Fsp3) is 0.500. The van der Waals surface area contributed by atoms with E-state index in [4.69, 9.17) is 0 Å². The first-order valence-electron chi connectivity index (χ1n) is 3.97. The van der Waals surface area contributed by atoms with Crippen molar-refractivity contribution in [2.75, 3.05) is 0 Å². The first-order valence-corrected chi connectivity index (χ1v) is 3.97. The monoisotopic (exact) mass is 137 g/mol. The van der Waals surface area contributed by atoms with E-state index in [2.05, 4.69) is 19.6 Å². The fourth-order valence-corrected chi connectivity index (χ4v) is 0.845. The molecule has 0 rings (SSSR count). The van der Waals surface area contributed by atoms with Crippen LogP contribution < -0.4 is 0 Å². The molecule has 10 heavy (non-hydrogen) atoms. The van der Waals surface area contributed by atoms with Crippen molar-refractivity contribution in [2.24, 2.45) is 0 Å². The van der Waals surface area contributed by atoms with Gasteiger partial charge in [-0.2, -0.15) is 0 Å². The number of hydrogen-bond donors (Lipinski definition) is 0. The normalized spacial score (nSPS) is 10.5. The third-order valence-corrected chi connectivity index (χ3v) is 1.45. The van der Waals surface area contributed by atoms with Crippen LogP contribution in [-0.2, 0) is 0 Å². The van der Waals surface area contributed by atoms with Gasteiger partial charge in [0.15, 0.2) is 0 Å². The van der Waals surface area contributed by atoms with E-state index in [-0.39, 0.29) is 0 Å². The van der Waals surface area contributed by atoms with E-state index >= 15 is 0 Å². The summed E-state index contributed by atoms with van der Waals surface area (Å²) in [4.78, 5) is 0. The number of allylic oxidation sites excluding steroid dienone is 3. The Hall–Kier alpha value is -0.520. The van der Waals surface area contributed by atoms with Crippen LogP contribution >= 0.6 is 0 Å². The molecule has 0 heterocycles. The Morgan fingerprint density at radius 1 is 1.00 bits per heavy atom. The van der Waals surface area contributed by atoms with Crippen LogP contribution in [-0.4, -0.2) is 0 Å². The van der Waals surface area contributed by atoms with Gasteiger partial charge in [-0.15, -0.1) is 6.58 Å². The molecule has 0 nitrogen and oxygen atoms in total. The quantitative estimate of drug-likeness (QED) is 0.388. The maximum Gasteiger partial charge on any atom is -0.0316 e. The summed E-state index contributed by atoms with van der Waals surface area (Å²) in [6.45, 7) is 7.29. The van der Waals surface area contributed by atoms with Gasteiger partial charge in [-0.05, 0) is 32.6 Å². The molecule has 0 heteroatoms. The van der Waals surface area contributed by atoms with E-state index in [0.717, 1.165) is 6.42 Å². The summed E-state index contributed by atoms with van der Waals surface area (Å²) in [6.07, 6.45) is 12.2. The Bertz CT molecular complexity index is 90.2. The first-order chi connectivity index (χ1) is 4.91. The lowest BCUT2D eigenvalue weighted by Gasteiger charge is -1.93. The molecule has 0 aliphatic rings. The van der Waals surface area contributed by atoms with Crippen LogP contribution in [0.3, 0.4) is 0 Å². The van der Waals surface area contributed by atoms with Crippen LogP contribution in [0, 0.1) is 6.92 Å². The molecule has 1 radical (unpaired) electrons. The Balaban J connectivity index is 2.83. The highest BCUT2D eigenvalue weighted by atomic mass is 13.9. The number of rotatable bonds is 6. The highest BCUT2D eigenvalue weighted by Gasteiger charge is 1.83. The van der Waals surface area contributed by atoms with Crippen LogP contribution in [0.4, 0.5) is 0 Å². The highest BCUT2D eigenvalue weighted by molar-refractivity contribution is 4.83. The van der Waals surface area contributed by atoms with Gasteiger partial charge in [-0.1, -0.05) is 24.6 Å². The van der Waals surface area contributed by atoms with Crippen LogP contribution in [0.15, 0.2) is 24.8 Å². The molecule has 0 amide bonds. The molecule has 0 atom stereocenters. The maximum atomic E-state index is 3.67. The standard InChI is InChI=1S/C10H17/c1-3-5-7-9-10-8-6-4-2/h3-5H,1-2,6-10H2/b5-3+. The molecule has 0 aromatic heterocycles. The largest absolute Gasteiger partial charge is 0.103 e. The average molecular weight is 137 g/mol. The molecule has 0 saturated heterocycles. The smallest absolute Gasteiger partial charge is 0.0316 e. The van der Waals surface area contributed by atoms with Crippen LogP contribution in [0.1, 0.15) is 32.1 Å². The Morgan fingerprint density at radius 3 is 2.30 bits per heavy atom. The maximum absolute atomic E-state index is 3.67. The van der Waals surface area contributed by atoms with Crippen molar-refractivity contribution in [3.63, 3.8) is 0 Å². The minimum absolute atomic E-state index is 1.16. The first kappa shape index (κ1) is 9.48. The van der Waals surface area contributed by atoms with E-state index in [9.17, 15) is 0 Å². The topological polar surface area (TPSA) is 0 Å². The lowest BCUT2D eigenvalue weighted by Crippen LogP contribution is -1.73. The summed E-state index contributed by atoms with van der Waals surface area (Å²) in [5.41, 5.74) is 0. The van der Waals surface area contributed by atoms with E-state index in [1.807, 2.05) is 12.2 Å². The molecule has 0 aliphatic carbocycles. The third kappa shape index (κ3) is 7.48. The van der Waals surface area contributed by atoms with Crippen LogP contribution in [0.25, 0.3) is 0 Å². The van der Waals surface area contributed by atoms with Crippen molar-refractivity contribution in [2.45, 2.75) is 32.1 Å². The number of hydrogen-bond acceptors (Lipinski definition) is 0. The summed E-state index contributed by atoms with van der Waals surface area (Å²) in [7, 11) is 0. The Kier molecular flexibility index (Phi) is 8.04. The van der Waals surface area contributed by atoms with Crippen molar-refractivity contribution in [1.29, 1.82) is 0 Å². The molecule has 0 unspecified atom stereocenters. The highest BCUT2D eigenvalue weighted by Crippen LogP contribution is 2.03. The molecule has 0 aromatic carbocycles. The minimum atomic E-state index is 1.16. The summed E-state index contributed by atoms with van der Waals surface area (Å²) >= 11 is 0. The van der Waals surface area contributed by atoms with E-state index in [1.54, 1.807) is 0 Å². The second kappa shape index (κ2) is 8.48. The predicted octanol–water partition coefficient (Wildman–Crippen LogP) is 3.51. The SMILES string of the molecule is [CH2]/C=C/CCCCCC=C. The lowest BCUT2D eigenvalue weighted by atomic mass is 10.1. The van der Waals surface area contributed by atoms with Crippen molar-refractivity contribution >= 4 is 0 Å². The number of unbranched alkanes of at least 4 members (excludes halogenated alkanes) is 4. The van der Waals surface area contributed by atoms with Crippen molar-refractivity contribution in [3.8, 4) is 0 Å². The van der Waals surface area contributed by atoms with Crippen molar-refractivity contribution < 1.29 is 0 Å². The zero-order valence-electron chi connectivity index (χ0n) is 6.68. The molecular formula is C10H17. The summed E-state index contributed by atoms with van der Waals surface area (Å²) in [5.74, 6) is 0. The van der Waals surface area contributed by atoms with E-state index < -0.39 is 0 Å². The summed E-state index contributed by atoms with van der Waals surface area (Å²) in [6, 6.07) is 0.